The monoisotopic (exact) mass is 492 g/mol. The number of carbonyl (C=O) groups is 2. The summed E-state index contributed by atoms with van der Waals surface area (Å²) >= 11 is 4.98. The molecule has 1 atom stereocenters. The van der Waals surface area contributed by atoms with Crippen LogP contribution in [0.25, 0.3) is 0 Å². The second kappa shape index (κ2) is 12.6. The maximum atomic E-state index is 13.0. The Kier molecular flexibility index (Phi) is 10.2. The number of ether oxygens (including phenoxy) is 1. The molecule has 162 valence electrons. The topological polar surface area (TPSA) is 58.6 Å². The maximum absolute atomic E-state index is 13.0. The van der Waals surface area contributed by atoms with E-state index in [-0.39, 0.29) is 11.8 Å². The van der Waals surface area contributed by atoms with Crippen LogP contribution in [0.1, 0.15) is 31.4 Å². The molecule has 0 aliphatic carbocycles. The Morgan fingerprint density at radius 3 is 2.33 bits per heavy atom. The van der Waals surface area contributed by atoms with E-state index in [1.54, 1.807) is 30.7 Å². The molecule has 7 heteroatoms. The Labute approximate surface area is 191 Å². The van der Waals surface area contributed by atoms with Crippen LogP contribution in [0.5, 0.6) is 5.75 Å². The van der Waals surface area contributed by atoms with Crippen molar-refractivity contribution >= 4 is 39.5 Å². The van der Waals surface area contributed by atoms with Crippen LogP contribution in [-0.2, 0) is 21.9 Å². The molecule has 0 saturated carbocycles. The summed E-state index contributed by atoms with van der Waals surface area (Å²) in [5.41, 5.74) is 2.11. The molecule has 2 aromatic carbocycles. The Balaban J connectivity index is 2.02. The van der Waals surface area contributed by atoms with Gasteiger partial charge in [0.25, 0.3) is 0 Å². The first kappa shape index (κ1) is 24.3. The normalized spacial score (nSPS) is 11.6. The maximum Gasteiger partial charge on any atom is 0.242 e. The van der Waals surface area contributed by atoms with E-state index in [9.17, 15) is 9.59 Å². The van der Waals surface area contributed by atoms with Crippen LogP contribution < -0.4 is 10.1 Å². The van der Waals surface area contributed by atoms with Crippen molar-refractivity contribution in [1.82, 2.24) is 10.2 Å². The van der Waals surface area contributed by atoms with E-state index in [0.717, 1.165) is 33.5 Å². The minimum atomic E-state index is -0.533. The van der Waals surface area contributed by atoms with E-state index in [1.807, 2.05) is 55.5 Å². The summed E-state index contributed by atoms with van der Waals surface area (Å²) in [6.07, 6.45) is 0.858. The smallest absolute Gasteiger partial charge is 0.242 e. The lowest BCUT2D eigenvalue weighted by Gasteiger charge is -2.28. The Morgan fingerprint density at radius 2 is 1.73 bits per heavy atom. The molecule has 0 spiro atoms. The van der Waals surface area contributed by atoms with Gasteiger partial charge in [0, 0.05) is 23.3 Å². The van der Waals surface area contributed by atoms with Crippen LogP contribution in [0.3, 0.4) is 0 Å². The highest BCUT2D eigenvalue weighted by Gasteiger charge is 2.25. The first-order chi connectivity index (χ1) is 14.4. The molecule has 0 aromatic heterocycles. The van der Waals surface area contributed by atoms with Crippen molar-refractivity contribution in [3.8, 4) is 5.75 Å². The number of rotatable bonds is 11. The number of methoxy groups -OCH3 is 1. The molecule has 0 saturated heterocycles. The summed E-state index contributed by atoms with van der Waals surface area (Å²) in [7, 11) is 1.64. The Hall–Kier alpha value is -1.99. The third-order valence-corrected chi connectivity index (χ3v) is 6.15. The van der Waals surface area contributed by atoms with Crippen LogP contribution in [0.15, 0.2) is 53.0 Å². The standard InChI is InChI=1S/C23H29BrN2O3S/c1-4-13-25-23(28)17(2)26(14-18-5-9-20(24)10-6-18)22(27)16-30-15-19-7-11-21(29-3)12-8-19/h5-12,17H,4,13-16H2,1-3H3,(H,25,28)/t17-/m1/s1. The van der Waals surface area contributed by atoms with Crippen molar-refractivity contribution in [1.29, 1.82) is 0 Å². The summed E-state index contributed by atoms with van der Waals surface area (Å²) in [5, 5.41) is 2.90. The van der Waals surface area contributed by atoms with Crippen molar-refractivity contribution < 1.29 is 14.3 Å². The minimum absolute atomic E-state index is 0.0458. The zero-order valence-electron chi connectivity index (χ0n) is 17.7. The predicted octanol–water partition coefficient (Wildman–Crippen LogP) is 4.63. The third-order valence-electron chi connectivity index (χ3n) is 4.64. The van der Waals surface area contributed by atoms with Crippen molar-refractivity contribution in [2.24, 2.45) is 0 Å². The minimum Gasteiger partial charge on any atom is -0.497 e. The van der Waals surface area contributed by atoms with Crippen molar-refractivity contribution in [3.05, 3.63) is 64.1 Å². The summed E-state index contributed by atoms with van der Waals surface area (Å²) in [6.45, 7) is 4.80. The molecular weight excluding hydrogens is 464 g/mol. The molecule has 2 amide bonds. The van der Waals surface area contributed by atoms with E-state index in [1.165, 1.54) is 0 Å². The number of amides is 2. The van der Waals surface area contributed by atoms with Gasteiger partial charge in [0.1, 0.15) is 11.8 Å². The lowest BCUT2D eigenvalue weighted by Crippen LogP contribution is -2.48. The van der Waals surface area contributed by atoms with Gasteiger partial charge >= 0.3 is 0 Å². The number of carbonyl (C=O) groups excluding carboxylic acids is 2. The number of halogens is 1. The zero-order valence-corrected chi connectivity index (χ0v) is 20.1. The average molecular weight is 493 g/mol. The molecule has 2 aromatic rings. The van der Waals surface area contributed by atoms with Gasteiger partial charge in [-0.1, -0.05) is 47.1 Å². The van der Waals surface area contributed by atoms with Gasteiger partial charge in [0.05, 0.1) is 12.9 Å². The molecule has 0 fully saturated rings. The van der Waals surface area contributed by atoms with Gasteiger partial charge in [-0.3, -0.25) is 9.59 Å². The fraction of sp³-hybridized carbons (Fsp3) is 0.391. The molecule has 0 aliphatic rings. The summed E-state index contributed by atoms with van der Waals surface area (Å²) in [5.74, 6) is 1.68. The SMILES string of the molecule is CCCNC(=O)[C@@H](C)N(Cc1ccc(Br)cc1)C(=O)CSCc1ccc(OC)cc1. The fourth-order valence-electron chi connectivity index (χ4n) is 2.83. The average Bonchev–Trinajstić information content (AvgIpc) is 2.76. The van der Waals surface area contributed by atoms with Gasteiger partial charge in [0.2, 0.25) is 11.8 Å². The van der Waals surface area contributed by atoms with Gasteiger partial charge in [-0.15, -0.1) is 11.8 Å². The molecule has 0 aliphatic heterocycles. The molecule has 0 unspecified atom stereocenters. The number of hydrogen-bond acceptors (Lipinski definition) is 4. The highest BCUT2D eigenvalue weighted by molar-refractivity contribution is 9.10. The number of nitrogens with zero attached hydrogens (tertiary/aromatic N) is 1. The third kappa shape index (κ3) is 7.69. The van der Waals surface area contributed by atoms with Crippen LogP contribution in [0.2, 0.25) is 0 Å². The number of benzene rings is 2. The quantitative estimate of drug-likeness (QED) is 0.496. The first-order valence-electron chi connectivity index (χ1n) is 9.97. The van der Waals surface area contributed by atoms with E-state index in [2.05, 4.69) is 21.2 Å². The van der Waals surface area contributed by atoms with Gasteiger partial charge < -0.3 is 15.0 Å². The molecule has 0 radical (unpaired) electrons. The highest BCUT2D eigenvalue weighted by Crippen LogP contribution is 2.19. The van der Waals surface area contributed by atoms with Crippen LogP contribution >= 0.6 is 27.7 Å². The second-order valence-corrected chi connectivity index (χ2v) is 8.86. The number of hydrogen-bond donors (Lipinski definition) is 1. The lowest BCUT2D eigenvalue weighted by atomic mass is 10.1. The van der Waals surface area contributed by atoms with Crippen molar-refractivity contribution in [2.75, 3.05) is 19.4 Å². The molecule has 30 heavy (non-hydrogen) atoms. The van der Waals surface area contributed by atoms with Crippen LogP contribution in [-0.4, -0.2) is 42.2 Å². The van der Waals surface area contributed by atoms with E-state index in [4.69, 9.17) is 4.74 Å². The predicted molar refractivity (Wildman–Crippen MR) is 127 cm³/mol. The molecule has 0 bridgehead atoms. The van der Waals surface area contributed by atoms with E-state index >= 15 is 0 Å². The van der Waals surface area contributed by atoms with Gasteiger partial charge in [-0.05, 0) is 48.7 Å². The van der Waals surface area contributed by atoms with Crippen molar-refractivity contribution in [3.63, 3.8) is 0 Å². The Bertz CT molecular complexity index is 812. The molecule has 5 nitrogen and oxygen atoms in total. The Morgan fingerprint density at radius 1 is 1.10 bits per heavy atom. The summed E-state index contributed by atoms with van der Waals surface area (Å²) in [4.78, 5) is 27.2. The molecule has 0 heterocycles. The van der Waals surface area contributed by atoms with Crippen LogP contribution in [0.4, 0.5) is 0 Å². The second-order valence-electron chi connectivity index (χ2n) is 6.96. The molecular formula is C23H29BrN2O3S. The molecule has 1 N–H and O–H groups in total. The van der Waals surface area contributed by atoms with Gasteiger partial charge in [-0.25, -0.2) is 0 Å². The largest absolute Gasteiger partial charge is 0.497 e. The van der Waals surface area contributed by atoms with Crippen molar-refractivity contribution in [2.45, 2.75) is 38.6 Å². The summed E-state index contributed by atoms with van der Waals surface area (Å²) in [6, 6.07) is 15.1. The zero-order chi connectivity index (χ0) is 21.9. The lowest BCUT2D eigenvalue weighted by molar-refractivity contribution is -0.138. The van der Waals surface area contributed by atoms with Crippen LogP contribution in [0, 0.1) is 0 Å². The fourth-order valence-corrected chi connectivity index (χ4v) is 3.96. The van der Waals surface area contributed by atoms with Gasteiger partial charge in [0.15, 0.2) is 0 Å². The van der Waals surface area contributed by atoms with E-state index < -0.39 is 6.04 Å². The van der Waals surface area contributed by atoms with Gasteiger partial charge in [-0.2, -0.15) is 0 Å². The molecule has 2 rings (SSSR count). The first-order valence-corrected chi connectivity index (χ1v) is 11.9. The highest BCUT2D eigenvalue weighted by atomic mass is 79.9. The number of nitrogens with one attached hydrogen (secondary N) is 1. The number of thioether (sulfide) groups is 1. The summed E-state index contributed by atoms with van der Waals surface area (Å²) < 4.78 is 6.16. The van der Waals surface area contributed by atoms with E-state index in [0.29, 0.717) is 18.8 Å².